The summed E-state index contributed by atoms with van der Waals surface area (Å²) in [5, 5.41) is 2.96. The van der Waals surface area contributed by atoms with E-state index >= 15 is 0 Å². The second-order valence-electron chi connectivity index (χ2n) is 6.19. The van der Waals surface area contributed by atoms with Gasteiger partial charge in [-0.3, -0.25) is 4.57 Å². The second kappa shape index (κ2) is 7.59. The number of nitrogens with one attached hydrogen (secondary N) is 1. The molecule has 0 aliphatic rings. The van der Waals surface area contributed by atoms with Gasteiger partial charge in [0, 0.05) is 16.3 Å². The lowest BCUT2D eigenvalue weighted by Crippen LogP contribution is -2.22. The van der Waals surface area contributed by atoms with Gasteiger partial charge in [0.15, 0.2) is 0 Å². The average Bonchev–Trinajstić information content (AvgIpc) is 2.67. The quantitative estimate of drug-likeness (QED) is 0.403. The minimum atomic E-state index is -5.00. The third-order valence-electron chi connectivity index (χ3n) is 4.11. The molecule has 0 aliphatic carbocycles. The van der Waals surface area contributed by atoms with Crippen LogP contribution in [0.25, 0.3) is 0 Å². The molecule has 0 radical (unpaired) electrons. The summed E-state index contributed by atoms with van der Waals surface area (Å²) >= 11 is 0. The lowest BCUT2D eigenvalue weighted by Gasteiger charge is -2.23. The Kier molecular flexibility index (Phi) is 5.50. The number of anilines is 1. The molecule has 0 aliphatic heterocycles. The molecule has 0 atom stereocenters. The fourth-order valence-corrected chi connectivity index (χ4v) is 4.99. The smallest absolute Gasteiger partial charge is 0.329 e. The Morgan fingerprint density at radius 3 is 1.34 bits per heavy atom. The maximum absolute atomic E-state index is 13.8. The molecule has 152 valence electrons. The van der Waals surface area contributed by atoms with E-state index in [0.717, 1.165) is 0 Å². The number of hydrogen-bond donors (Lipinski definition) is 1. The first-order valence-electron chi connectivity index (χ1n) is 8.29. The number of halogens is 6. The molecule has 2 nitrogen and oxygen atoms in total. The van der Waals surface area contributed by atoms with Gasteiger partial charge in [-0.05, 0) is 42.5 Å². The van der Waals surface area contributed by atoms with E-state index in [2.05, 4.69) is 5.09 Å². The van der Waals surface area contributed by atoms with Crippen LogP contribution in [0.5, 0.6) is 0 Å². The predicted molar refractivity (Wildman–Crippen MR) is 99.8 cm³/mol. The van der Waals surface area contributed by atoms with Crippen molar-refractivity contribution in [2.45, 2.75) is 12.4 Å². The van der Waals surface area contributed by atoms with E-state index in [1.54, 1.807) is 36.4 Å². The molecule has 0 fully saturated rings. The van der Waals surface area contributed by atoms with Crippen LogP contribution in [0.3, 0.4) is 0 Å². The van der Waals surface area contributed by atoms with Gasteiger partial charge in [0.2, 0.25) is 7.29 Å². The van der Waals surface area contributed by atoms with Gasteiger partial charge in [-0.2, -0.15) is 26.3 Å². The minimum absolute atomic E-state index is 0.0289. The van der Waals surface area contributed by atoms with E-state index in [1.165, 1.54) is 24.3 Å². The van der Waals surface area contributed by atoms with Crippen LogP contribution in [0.1, 0.15) is 11.1 Å². The zero-order valence-electron chi connectivity index (χ0n) is 14.6. The third-order valence-corrected chi connectivity index (χ3v) is 6.74. The summed E-state index contributed by atoms with van der Waals surface area (Å²) in [5.41, 5.74) is -3.51. The first-order valence-corrected chi connectivity index (χ1v) is 10.00. The Morgan fingerprint density at radius 2 is 1.00 bits per heavy atom. The highest BCUT2D eigenvalue weighted by molar-refractivity contribution is 7.80. The highest BCUT2D eigenvalue weighted by Crippen LogP contribution is 2.45. The van der Waals surface area contributed by atoms with E-state index in [9.17, 15) is 30.9 Å². The average molecular weight is 429 g/mol. The normalized spacial score (nSPS) is 12.6. The summed E-state index contributed by atoms with van der Waals surface area (Å²) in [5.74, 6) is 0. The Labute approximate surface area is 162 Å². The van der Waals surface area contributed by atoms with Crippen molar-refractivity contribution < 1.29 is 30.9 Å². The lowest BCUT2D eigenvalue weighted by molar-refractivity contribution is -0.143. The fraction of sp³-hybridized carbons (Fsp3) is 0.100. The number of rotatable bonds is 4. The van der Waals surface area contributed by atoms with Crippen LogP contribution in [-0.2, 0) is 16.9 Å². The topological polar surface area (TPSA) is 29.1 Å². The lowest BCUT2D eigenvalue weighted by atomic mass is 10.1. The van der Waals surface area contributed by atoms with Crippen molar-refractivity contribution >= 4 is 23.6 Å². The summed E-state index contributed by atoms with van der Waals surface area (Å²) in [6.45, 7) is 0. The summed E-state index contributed by atoms with van der Waals surface area (Å²) in [6.07, 6.45) is -10.00. The van der Waals surface area contributed by atoms with E-state index < -0.39 is 36.5 Å². The first kappa shape index (κ1) is 21.0. The molecule has 3 aromatic rings. The van der Waals surface area contributed by atoms with Gasteiger partial charge in [-0.25, -0.2) is 0 Å². The molecule has 1 N–H and O–H groups in total. The molecule has 0 spiro atoms. The minimum Gasteiger partial charge on any atom is -0.329 e. The van der Waals surface area contributed by atoms with Gasteiger partial charge < -0.3 is 5.09 Å². The SMILES string of the molecule is O=P(Nc1cc(C(F)(F)F)cc(C(F)(F)F)c1)(c1ccccc1)c1ccccc1. The number of benzene rings is 3. The van der Waals surface area contributed by atoms with Crippen LogP contribution in [0, 0.1) is 0 Å². The van der Waals surface area contributed by atoms with Crippen molar-refractivity contribution in [2.75, 3.05) is 5.09 Å². The van der Waals surface area contributed by atoms with Crippen LogP contribution in [-0.4, -0.2) is 0 Å². The highest BCUT2D eigenvalue weighted by atomic mass is 31.2. The Bertz CT molecular complexity index is 957. The van der Waals surface area contributed by atoms with E-state index in [-0.39, 0.29) is 16.7 Å². The molecule has 9 heteroatoms. The monoisotopic (exact) mass is 429 g/mol. The molecule has 0 heterocycles. The van der Waals surface area contributed by atoms with Crippen LogP contribution in [0.15, 0.2) is 78.9 Å². The van der Waals surface area contributed by atoms with E-state index in [4.69, 9.17) is 0 Å². The van der Waals surface area contributed by atoms with Gasteiger partial charge in [0.25, 0.3) is 0 Å². The third kappa shape index (κ3) is 4.65. The molecule has 0 amide bonds. The molecular formula is C20H14F6NOP. The molecule has 0 saturated heterocycles. The Balaban J connectivity index is 2.17. The number of alkyl halides is 6. The zero-order valence-corrected chi connectivity index (χ0v) is 15.5. The van der Waals surface area contributed by atoms with Crippen molar-refractivity contribution in [1.82, 2.24) is 0 Å². The van der Waals surface area contributed by atoms with Crippen molar-refractivity contribution in [2.24, 2.45) is 0 Å². The molecule has 0 saturated carbocycles. The Morgan fingerprint density at radius 1 is 0.621 bits per heavy atom. The largest absolute Gasteiger partial charge is 0.416 e. The van der Waals surface area contributed by atoms with Gasteiger partial charge in [-0.1, -0.05) is 36.4 Å². The van der Waals surface area contributed by atoms with Crippen LogP contribution in [0.4, 0.5) is 32.0 Å². The molecule has 0 unspecified atom stereocenters. The van der Waals surface area contributed by atoms with Gasteiger partial charge in [0.1, 0.15) is 0 Å². The van der Waals surface area contributed by atoms with Gasteiger partial charge in [-0.15, -0.1) is 0 Å². The summed E-state index contributed by atoms with van der Waals surface area (Å²) < 4.78 is 92.7. The maximum atomic E-state index is 13.8. The molecule has 0 bridgehead atoms. The van der Waals surface area contributed by atoms with Crippen molar-refractivity contribution in [3.05, 3.63) is 90.0 Å². The standard InChI is InChI=1S/C20H14F6NOP/c21-19(22,23)14-11-15(20(24,25)26)13-16(12-14)27-29(28,17-7-3-1-4-8-17)18-9-5-2-6-10-18/h1-13H,(H,27,28). The summed E-state index contributed by atoms with van der Waals surface area (Å²) in [6, 6.07) is 16.7. The van der Waals surface area contributed by atoms with E-state index in [0.29, 0.717) is 12.1 Å². The molecule has 0 aromatic heterocycles. The predicted octanol–water partition coefficient (Wildman–Crippen LogP) is 6.07. The van der Waals surface area contributed by atoms with Gasteiger partial charge >= 0.3 is 12.4 Å². The molecular weight excluding hydrogens is 415 g/mol. The van der Waals surface area contributed by atoms with Crippen LogP contribution in [0.2, 0.25) is 0 Å². The zero-order chi connectivity index (χ0) is 21.3. The molecule has 3 rings (SSSR count). The van der Waals surface area contributed by atoms with Crippen molar-refractivity contribution in [1.29, 1.82) is 0 Å². The highest BCUT2D eigenvalue weighted by Gasteiger charge is 2.38. The molecule has 3 aromatic carbocycles. The number of hydrogen-bond acceptors (Lipinski definition) is 1. The maximum Gasteiger partial charge on any atom is 0.416 e. The first-order chi connectivity index (χ1) is 13.5. The second-order valence-corrected chi connectivity index (χ2v) is 8.66. The van der Waals surface area contributed by atoms with Crippen LogP contribution >= 0.6 is 7.29 Å². The van der Waals surface area contributed by atoms with Crippen molar-refractivity contribution in [3.63, 3.8) is 0 Å². The fourth-order valence-electron chi connectivity index (χ4n) is 2.76. The summed E-state index contributed by atoms with van der Waals surface area (Å²) in [7, 11) is -3.77. The van der Waals surface area contributed by atoms with Crippen LogP contribution < -0.4 is 15.7 Å². The van der Waals surface area contributed by atoms with E-state index in [1.807, 2.05) is 0 Å². The Hall–Kier alpha value is -2.73. The van der Waals surface area contributed by atoms with Gasteiger partial charge in [0.05, 0.1) is 11.1 Å². The summed E-state index contributed by atoms with van der Waals surface area (Å²) in [4.78, 5) is 0. The van der Waals surface area contributed by atoms with Crippen molar-refractivity contribution in [3.8, 4) is 0 Å². The molecule has 29 heavy (non-hydrogen) atoms.